The van der Waals surface area contributed by atoms with Crippen LogP contribution >= 0.6 is 11.6 Å². The van der Waals surface area contributed by atoms with Crippen LogP contribution in [0.15, 0.2) is 47.4 Å². The van der Waals surface area contributed by atoms with Crippen LogP contribution in [0, 0.1) is 0 Å². The summed E-state index contributed by atoms with van der Waals surface area (Å²) < 4.78 is 1.41. The maximum absolute atomic E-state index is 12.8. The van der Waals surface area contributed by atoms with Crippen molar-refractivity contribution in [2.75, 3.05) is 6.54 Å². The first kappa shape index (κ1) is 18.2. The number of piperidine rings is 1. The van der Waals surface area contributed by atoms with Gasteiger partial charge in [-0.2, -0.15) is 0 Å². The Morgan fingerprint density at radius 3 is 2.65 bits per heavy atom. The predicted molar refractivity (Wildman–Crippen MR) is 97.6 cm³/mol. The van der Waals surface area contributed by atoms with E-state index in [1.807, 2.05) is 12.1 Å². The Morgan fingerprint density at radius 1 is 1.15 bits per heavy atom. The number of nitrogens with zero attached hydrogens (tertiary/aromatic N) is 2. The van der Waals surface area contributed by atoms with Crippen molar-refractivity contribution in [1.29, 1.82) is 0 Å². The normalized spacial score (nSPS) is 17.1. The van der Waals surface area contributed by atoms with E-state index >= 15 is 0 Å². The highest BCUT2D eigenvalue weighted by atomic mass is 35.5. The van der Waals surface area contributed by atoms with Gasteiger partial charge in [-0.15, -0.1) is 0 Å². The van der Waals surface area contributed by atoms with Gasteiger partial charge >= 0.3 is 5.97 Å². The van der Waals surface area contributed by atoms with Gasteiger partial charge in [0.25, 0.3) is 11.5 Å². The molecule has 1 atom stereocenters. The zero-order valence-corrected chi connectivity index (χ0v) is 14.9. The van der Waals surface area contributed by atoms with Gasteiger partial charge in [-0.05, 0) is 37.0 Å². The smallest absolute Gasteiger partial charge is 0.326 e. The van der Waals surface area contributed by atoms with Gasteiger partial charge in [0.1, 0.15) is 6.04 Å². The third-order valence-corrected chi connectivity index (χ3v) is 4.95. The molecule has 0 bridgehead atoms. The van der Waals surface area contributed by atoms with Crippen LogP contribution in [0.25, 0.3) is 0 Å². The minimum atomic E-state index is -0.998. The first-order valence-electron chi connectivity index (χ1n) is 8.45. The van der Waals surface area contributed by atoms with E-state index in [1.54, 1.807) is 12.1 Å². The molecule has 0 saturated carbocycles. The summed E-state index contributed by atoms with van der Waals surface area (Å²) in [6, 6.07) is 9.13. The minimum absolute atomic E-state index is 0.238. The van der Waals surface area contributed by atoms with Gasteiger partial charge in [0.15, 0.2) is 0 Å². The van der Waals surface area contributed by atoms with E-state index < -0.39 is 12.0 Å². The molecule has 0 radical (unpaired) electrons. The molecule has 26 heavy (non-hydrogen) atoms. The number of aromatic nitrogens is 1. The zero-order valence-electron chi connectivity index (χ0n) is 14.1. The van der Waals surface area contributed by atoms with Gasteiger partial charge < -0.3 is 14.6 Å². The van der Waals surface area contributed by atoms with Crippen molar-refractivity contribution in [2.45, 2.75) is 31.8 Å². The number of carboxylic acid groups (broad SMARTS) is 1. The van der Waals surface area contributed by atoms with E-state index in [1.165, 1.54) is 27.8 Å². The Bertz CT molecular complexity index is 893. The number of pyridine rings is 1. The number of carbonyl (C=O) groups is 2. The number of aliphatic carboxylic acids is 1. The van der Waals surface area contributed by atoms with Crippen LogP contribution in [-0.4, -0.2) is 39.0 Å². The highest BCUT2D eigenvalue weighted by Crippen LogP contribution is 2.20. The summed E-state index contributed by atoms with van der Waals surface area (Å²) in [5, 5.41) is 9.90. The predicted octanol–water partition coefficient (Wildman–Crippen LogP) is 2.63. The van der Waals surface area contributed by atoms with Gasteiger partial charge in [-0.1, -0.05) is 29.8 Å². The van der Waals surface area contributed by atoms with Crippen molar-refractivity contribution in [3.05, 3.63) is 69.1 Å². The second kappa shape index (κ2) is 7.74. The third kappa shape index (κ3) is 3.80. The fraction of sp³-hybridized carbons (Fsp3) is 0.316. The van der Waals surface area contributed by atoms with Crippen LogP contribution in [0.3, 0.4) is 0 Å². The summed E-state index contributed by atoms with van der Waals surface area (Å²) >= 11 is 6.15. The van der Waals surface area contributed by atoms with Crippen LogP contribution in [0.4, 0.5) is 0 Å². The molecular weight excluding hydrogens is 356 g/mol. The van der Waals surface area contributed by atoms with E-state index in [9.17, 15) is 19.5 Å². The SMILES string of the molecule is O=C(O)C1CCCCN1C(=O)c1ccc(=O)n(Cc2ccccc2Cl)c1. The van der Waals surface area contributed by atoms with Crippen molar-refractivity contribution >= 4 is 23.5 Å². The second-order valence-electron chi connectivity index (χ2n) is 6.32. The highest BCUT2D eigenvalue weighted by Gasteiger charge is 2.32. The maximum Gasteiger partial charge on any atom is 0.326 e. The van der Waals surface area contributed by atoms with Crippen molar-refractivity contribution in [1.82, 2.24) is 9.47 Å². The summed E-state index contributed by atoms with van der Waals surface area (Å²) in [7, 11) is 0. The quantitative estimate of drug-likeness (QED) is 0.892. The van der Waals surface area contributed by atoms with E-state index in [2.05, 4.69) is 0 Å². The maximum atomic E-state index is 12.8. The van der Waals surface area contributed by atoms with Gasteiger partial charge in [0, 0.05) is 23.8 Å². The standard InChI is InChI=1S/C19H19ClN2O4/c20-15-6-2-1-5-13(15)11-21-12-14(8-9-17(21)23)18(24)22-10-4-3-7-16(22)19(25)26/h1-2,5-6,8-9,12,16H,3-4,7,10-11H2,(H,25,26). The molecular formula is C19H19ClN2O4. The Balaban J connectivity index is 1.89. The molecule has 1 N–H and O–H groups in total. The zero-order chi connectivity index (χ0) is 18.7. The lowest BCUT2D eigenvalue weighted by Crippen LogP contribution is -2.48. The number of halogens is 1. The van der Waals surface area contributed by atoms with Gasteiger partial charge in [-0.25, -0.2) is 4.79 Å². The molecule has 2 aromatic rings. The minimum Gasteiger partial charge on any atom is -0.480 e. The number of hydrogen-bond acceptors (Lipinski definition) is 3. The molecule has 1 aromatic heterocycles. The van der Waals surface area contributed by atoms with Crippen LogP contribution in [0.5, 0.6) is 0 Å². The lowest BCUT2D eigenvalue weighted by molar-refractivity contribution is -0.143. The van der Waals surface area contributed by atoms with E-state index in [0.29, 0.717) is 23.6 Å². The van der Waals surface area contributed by atoms with Crippen molar-refractivity contribution < 1.29 is 14.7 Å². The Hall–Kier alpha value is -2.60. The lowest BCUT2D eigenvalue weighted by Gasteiger charge is -2.33. The largest absolute Gasteiger partial charge is 0.480 e. The van der Waals surface area contributed by atoms with Crippen molar-refractivity contribution in [3.63, 3.8) is 0 Å². The monoisotopic (exact) mass is 374 g/mol. The highest BCUT2D eigenvalue weighted by molar-refractivity contribution is 6.31. The molecule has 6 nitrogen and oxygen atoms in total. The molecule has 1 aliphatic rings. The number of rotatable bonds is 4. The van der Waals surface area contributed by atoms with Crippen LogP contribution in [0.2, 0.25) is 5.02 Å². The van der Waals surface area contributed by atoms with Gasteiger partial charge in [0.05, 0.1) is 12.1 Å². The summed E-state index contributed by atoms with van der Waals surface area (Å²) in [6.07, 6.45) is 3.48. The number of benzene rings is 1. The topological polar surface area (TPSA) is 79.6 Å². The molecule has 2 heterocycles. The Morgan fingerprint density at radius 2 is 1.92 bits per heavy atom. The fourth-order valence-corrected chi connectivity index (χ4v) is 3.38. The summed E-state index contributed by atoms with van der Waals surface area (Å²) in [5.41, 5.74) is 0.807. The molecule has 1 unspecified atom stereocenters. The number of carbonyl (C=O) groups excluding carboxylic acids is 1. The third-order valence-electron chi connectivity index (χ3n) is 4.58. The van der Waals surface area contributed by atoms with Crippen LogP contribution in [-0.2, 0) is 11.3 Å². The number of hydrogen-bond donors (Lipinski definition) is 1. The Labute approximate surface area is 155 Å². The summed E-state index contributed by atoms with van der Waals surface area (Å²) in [4.78, 5) is 37.8. The summed E-state index contributed by atoms with van der Waals surface area (Å²) in [5.74, 6) is -1.37. The van der Waals surface area contributed by atoms with E-state index in [4.69, 9.17) is 11.6 Å². The average molecular weight is 375 g/mol. The first-order chi connectivity index (χ1) is 12.5. The lowest BCUT2D eigenvalue weighted by atomic mass is 10.0. The molecule has 1 amide bonds. The molecule has 7 heteroatoms. The Kier molecular flexibility index (Phi) is 5.42. The van der Waals surface area contributed by atoms with Crippen molar-refractivity contribution in [2.24, 2.45) is 0 Å². The first-order valence-corrected chi connectivity index (χ1v) is 8.83. The fourth-order valence-electron chi connectivity index (χ4n) is 3.19. The number of likely N-dealkylation sites (tertiary alicyclic amines) is 1. The molecule has 1 saturated heterocycles. The van der Waals surface area contributed by atoms with E-state index in [-0.39, 0.29) is 18.0 Å². The van der Waals surface area contributed by atoms with Gasteiger partial charge in [-0.3, -0.25) is 9.59 Å². The molecule has 1 fully saturated rings. The van der Waals surface area contributed by atoms with E-state index in [0.717, 1.165) is 18.4 Å². The van der Waals surface area contributed by atoms with Crippen LogP contribution in [0.1, 0.15) is 35.2 Å². The number of carboxylic acids is 1. The van der Waals surface area contributed by atoms with Gasteiger partial charge in [0.2, 0.25) is 0 Å². The second-order valence-corrected chi connectivity index (χ2v) is 6.73. The van der Waals surface area contributed by atoms with Crippen molar-refractivity contribution in [3.8, 4) is 0 Å². The molecule has 0 spiro atoms. The number of amides is 1. The molecule has 136 valence electrons. The molecule has 1 aliphatic heterocycles. The average Bonchev–Trinajstić information content (AvgIpc) is 2.64. The molecule has 3 rings (SSSR count). The molecule has 0 aliphatic carbocycles. The molecule has 1 aromatic carbocycles. The van der Waals surface area contributed by atoms with Crippen LogP contribution < -0.4 is 5.56 Å². The summed E-state index contributed by atoms with van der Waals surface area (Å²) in [6.45, 7) is 0.640.